The maximum Gasteiger partial charge on any atom is 0.225 e. The largest absolute Gasteiger partial charge is 0.345 e. The lowest BCUT2D eigenvalue weighted by atomic mass is 9.87. The van der Waals surface area contributed by atoms with Crippen LogP contribution in [-0.2, 0) is 4.79 Å². The molecule has 0 aromatic heterocycles. The molecule has 1 N–H and O–H groups in total. The van der Waals surface area contributed by atoms with Crippen LogP contribution in [0.3, 0.4) is 0 Å². The number of fused-ring (bicyclic) bond motifs is 2. The molecule has 0 spiro atoms. The molecule has 3 nitrogen and oxygen atoms in total. The first-order valence-corrected chi connectivity index (χ1v) is 8.23. The van der Waals surface area contributed by atoms with Crippen molar-refractivity contribution in [1.29, 1.82) is 0 Å². The number of carbonyl (C=O) groups is 1. The van der Waals surface area contributed by atoms with Crippen LogP contribution in [-0.4, -0.2) is 36.5 Å². The van der Waals surface area contributed by atoms with E-state index in [1.165, 1.54) is 44.9 Å². The number of piperidine rings is 1. The molecule has 1 amide bonds. The number of rotatable bonds is 3. The molecular formula is C16H28N2O. The molecule has 3 fully saturated rings. The second-order valence-corrected chi connectivity index (χ2v) is 7.03. The van der Waals surface area contributed by atoms with Crippen molar-refractivity contribution in [2.75, 3.05) is 13.6 Å². The molecule has 3 heteroatoms. The standard InChI is InChI=1S/C16H28N2O/c1-18(16(19)13-5-3-2-4-6-13)11-12-9-14-7-8-15(10-12)17-14/h12-15,17H,2-11H2,1H3. The number of hydrogen-bond donors (Lipinski definition) is 1. The molecule has 2 unspecified atom stereocenters. The Hall–Kier alpha value is -0.570. The summed E-state index contributed by atoms with van der Waals surface area (Å²) in [5.74, 6) is 1.49. The number of nitrogens with zero attached hydrogens (tertiary/aromatic N) is 1. The fourth-order valence-electron chi connectivity index (χ4n) is 4.46. The first kappa shape index (κ1) is 13.4. The van der Waals surface area contributed by atoms with Gasteiger partial charge in [-0.1, -0.05) is 19.3 Å². The normalized spacial score (nSPS) is 35.3. The van der Waals surface area contributed by atoms with Gasteiger partial charge in [-0.05, 0) is 44.4 Å². The number of hydrogen-bond acceptors (Lipinski definition) is 2. The van der Waals surface area contributed by atoms with Crippen LogP contribution in [0.25, 0.3) is 0 Å². The van der Waals surface area contributed by atoms with Crippen LogP contribution >= 0.6 is 0 Å². The van der Waals surface area contributed by atoms with E-state index in [-0.39, 0.29) is 0 Å². The zero-order valence-electron chi connectivity index (χ0n) is 12.2. The van der Waals surface area contributed by atoms with Crippen LogP contribution in [0.5, 0.6) is 0 Å². The summed E-state index contributed by atoms with van der Waals surface area (Å²) < 4.78 is 0. The molecule has 2 heterocycles. The number of amides is 1. The van der Waals surface area contributed by atoms with Crippen molar-refractivity contribution in [2.45, 2.75) is 69.9 Å². The Balaban J connectivity index is 1.50. The summed E-state index contributed by atoms with van der Waals surface area (Å²) in [5.41, 5.74) is 0. The molecule has 3 aliphatic rings. The Bertz CT molecular complexity index is 313. The summed E-state index contributed by atoms with van der Waals surface area (Å²) in [7, 11) is 2.03. The van der Waals surface area contributed by atoms with Crippen molar-refractivity contribution in [3.8, 4) is 0 Å². The highest BCUT2D eigenvalue weighted by atomic mass is 16.2. The van der Waals surface area contributed by atoms with Crippen molar-refractivity contribution in [2.24, 2.45) is 11.8 Å². The van der Waals surface area contributed by atoms with Crippen molar-refractivity contribution >= 4 is 5.91 Å². The van der Waals surface area contributed by atoms with Gasteiger partial charge in [-0.25, -0.2) is 0 Å². The zero-order chi connectivity index (χ0) is 13.2. The predicted molar refractivity (Wildman–Crippen MR) is 76.9 cm³/mol. The van der Waals surface area contributed by atoms with Gasteiger partial charge in [0.25, 0.3) is 0 Å². The van der Waals surface area contributed by atoms with Gasteiger partial charge in [-0.15, -0.1) is 0 Å². The molecule has 1 aliphatic carbocycles. The highest BCUT2D eigenvalue weighted by Gasteiger charge is 2.34. The molecule has 3 rings (SSSR count). The van der Waals surface area contributed by atoms with Gasteiger partial charge in [0.2, 0.25) is 5.91 Å². The van der Waals surface area contributed by atoms with E-state index < -0.39 is 0 Å². The van der Waals surface area contributed by atoms with Crippen molar-refractivity contribution in [3.63, 3.8) is 0 Å². The molecule has 19 heavy (non-hydrogen) atoms. The van der Waals surface area contributed by atoms with E-state index in [4.69, 9.17) is 0 Å². The van der Waals surface area contributed by atoms with E-state index in [1.54, 1.807) is 0 Å². The number of carbonyl (C=O) groups excluding carboxylic acids is 1. The Labute approximate surface area is 117 Å². The third-order valence-corrected chi connectivity index (χ3v) is 5.43. The second-order valence-electron chi connectivity index (χ2n) is 7.03. The van der Waals surface area contributed by atoms with Crippen molar-refractivity contribution in [1.82, 2.24) is 10.2 Å². The summed E-state index contributed by atoms with van der Waals surface area (Å²) in [5, 5.41) is 3.68. The van der Waals surface area contributed by atoms with E-state index in [9.17, 15) is 4.79 Å². The monoisotopic (exact) mass is 264 g/mol. The molecule has 1 saturated carbocycles. The van der Waals surface area contributed by atoms with Crippen LogP contribution in [0.1, 0.15) is 57.8 Å². The quantitative estimate of drug-likeness (QED) is 0.849. The summed E-state index contributed by atoms with van der Waals surface area (Å²) in [6.45, 7) is 0.990. The Morgan fingerprint density at radius 2 is 1.68 bits per heavy atom. The predicted octanol–water partition coefficient (Wildman–Crippen LogP) is 2.56. The van der Waals surface area contributed by atoms with Crippen LogP contribution in [0, 0.1) is 11.8 Å². The molecule has 0 aromatic rings. The zero-order valence-corrected chi connectivity index (χ0v) is 12.2. The van der Waals surface area contributed by atoms with Crippen LogP contribution < -0.4 is 5.32 Å². The second kappa shape index (κ2) is 5.82. The average Bonchev–Trinajstić information content (AvgIpc) is 2.78. The van der Waals surface area contributed by atoms with Crippen LogP contribution in [0.4, 0.5) is 0 Å². The molecule has 2 atom stereocenters. The Morgan fingerprint density at radius 1 is 1.05 bits per heavy atom. The van der Waals surface area contributed by atoms with Gasteiger partial charge in [0.1, 0.15) is 0 Å². The smallest absolute Gasteiger partial charge is 0.225 e. The maximum absolute atomic E-state index is 12.5. The Morgan fingerprint density at radius 3 is 2.32 bits per heavy atom. The van der Waals surface area contributed by atoms with E-state index in [2.05, 4.69) is 5.32 Å². The van der Waals surface area contributed by atoms with E-state index in [1.807, 2.05) is 11.9 Å². The minimum absolute atomic E-state index is 0.331. The highest BCUT2D eigenvalue weighted by Crippen LogP contribution is 2.32. The maximum atomic E-state index is 12.5. The lowest BCUT2D eigenvalue weighted by Gasteiger charge is -2.33. The lowest BCUT2D eigenvalue weighted by Crippen LogP contribution is -2.44. The third kappa shape index (κ3) is 3.13. The Kier molecular flexibility index (Phi) is 4.11. The van der Waals surface area contributed by atoms with E-state index in [0.29, 0.717) is 11.8 Å². The molecule has 2 saturated heterocycles. The fraction of sp³-hybridized carbons (Fsp3) is 0.938. The van der Waals surface area contributed by atoms with Gasteiger partial charge >= 0.3 is 0 Å². The number of nitrogens with one attached hydrogen (secondary N) is 1. The van der Waals surface area contributed by atoms with Crippen molar-refractivity contribution in [3.05, 3.63) is 0 Å². The van der Waals surface area contributed by atoms with Gasteiger partial charge in [-0.2, -0.15) is 0 Å². The lowest BCUT2D eigenvalue weighted by molar-refractivity contribution is -0.136. The average molecular weight is 264 g/mol. The van der Waals surface area contributed by atoms with Gasteiger partial charge < -0.3 is 10.2 Å². The van der Waals surface area contributed by atoms with Gasteiger partial charge in [0.05, 0.1) is 0 Å². The van der Waals surface area contributed by atoms with Gasteiger partial charge in [-0.3, -0.25) is 4.79 Å². The van der Waals surface area contributed by atoms with Crippen LogP contribution in [0.2, 0.25) is 0 Å². The minimum Gasteiger partial charge on any atom is -0.345 e. The van der Waals surface area contributed by atoms with Gasteiger partial charge in [0, 0.05) is 31.6 Å². The molecule has 0 radical (unpaired) electrons. The summed E-state index contributed by atoms with van der Waals surface area (Å²) in [6.07, 6.45) is 11.3. The topological polar surface area (TPSA) is 32.3 Å². The fourth-order valence-corrected chi connectivity index (χ4v) is 4.46. The molecule has 2 bridgehead atoms. The van der Waals surface area contributed by atoms with Crippen LogP contribution in [0.15, 0.2) is 0 Å². The van der Waals surface area contributed by atoms with Crippen molar-refractivity contribution < 1.29 is 4.79 Å². The first-order valence-electron chi connectivity index (χ1n) is 8.23. The SMILES string of the molecule is CN(CC1CC2CCC(C1)N2)C(=O)C1CCCCC1. The first-order chi connectivity index (χ1) is 9.22. The summed E-state index contributed by atoms with van der Waals surface area (Å²) in [6, 6.07) is 1.48. The highest BCUT2D eigenvalue weighted by molar-refractivity contribution is 5.78. The minimum atomic E-state index is 0.331. The molecule has 108 valence electrons. The van der Waals surface area contributed by atoms with Gasteiger partial charge in [0.15, 0.2) is 0 Å². The van der Waals surface area contributed by atoms with E-state index >= 15 is 0 Å². The van der Waals surface area contributed by atoms with E-state index in [0.717, 1.165) is 37.4 Å². The molecular weight excluding hydrogens is 236 g/mol. The third-order valence-electron chi connectivity index (χ3n) is 5.43. The summed E-state index contributed by atoms with van der Waals surface area (Å²) in [4.78, 5) is 14.5. The summed E-state index contributed by atoms with van der Waals surface area (Å²) >= 11 is 0. The molecule has 2 aliphatic heterocycles. The molecule has 0 aromatic carbocycles.